The Morgan fingerprint density at radius 2 is 1.89 bits per heavy atom. The van der Waals surface area contributed by atoms with Crippen molar-refractivity contribution >= 4 is 5.97 Å². The highest BCUT2D eigenvalue weighted by Gasteiger charge is 2.13. The van der Waals surface area contributed by atoms with E-state index >= 15 is 0 Å². The molecule has 100 valence electrons. The third-order valence-electron chi connectivity index (χ3n) is 2.49. The van der Waals surface area contributed by atoms with Crippen LogP contribution >= 0.6 is 0 Å². The molecule has 1 unspecified atom stereocenters. The van der Waals surface area contributed by atoms with E-state index in [-0.39, 0.29) is 18.4 Å². The topological polar surface area (TPSA) is 52.3 Å². The smallest absolute Gasteiger partial charge is 0.305 e. The van der Waals surface area contributed by atoms with Crippen molar-refractivity contribution in [3.05, 3.63) is 35.1 Å². The Bertz CT molecular complexity index is 414. The van der Waals surface area contributed by atoms with Crippen molar-refractivity contribution < 1.29 is 22.7 Å². The molecule has 0 fully saturated rings. The maximum atomic E-state index is 12.9. The molecule has 0 aromatic heterocycles. The summed E-state index contributed by atoms with van der Waals surface area (Å²) in [6, 6.07) is 1.35. The van der Waals surface area contributed by atoms with E-state index in [0.717, 1.165) is 12.1 Å². The molecule has 0 aliphatic rings. The Morgan fingerprint density at radius 3 is 2.39 bits per heavy atom. The summed E-state index contributed by atoms with van der Waals surface area (Å²) < 4.78 is 43.0. The quantitative estimate of drug-likeness (QED) is 0.651. The number of hydrogen-bond acceptors (Lipinski definition) is 3. The van der Waals surface area contributed by atoms with Crippen molar-refractivity contribution in [3.8, 4) is 0 Å². The van der Waals surface area contributed by atoms with Gasteiger partial charge in [-0.15, -0.1) is 0 Å². The zero-order valence-corrected chi connectivity index (χ0v) is 9.88. The molecule has 0 aliphatic carbocycles. The molecule has 1 rings (SSSR count). The van der Waals surface area contributed by atoms with Crippen LogP contribution in [-0.2, 0) is 16.0 Å². The monoisotopic (exact) mass is 261 g/mol. The van der Waals surface area contributed by atoms with Gasteiger partial charge < -0.3 is 10.5 Å². The van der Waals surface area contributed by atoms with E-state index in [9.17, 15) is 18.0 Å². The average Bonchev–Trinajstić information content (AvgIpc) is 2.32. The molecule has 3 nitrogen and oxygen atoms in total. The molecule has 0 saturated carbocycles. The van der Waals surface area contributed by atoms with Crippen molar-refractivity contribution in [1.29, 1.82) is 0 Å². The van der Waals surface area contributed by atoms with Crippen molar-refractivity contribution in [2.45, 2.75) is 25.3 Å². The van der Waals surface area contributed by atoms with Gasteiger partial charge in [-0.2, -0.15) is 0 Å². The lowest BCUT2D eigenvalue weighted by atomic mass is 10.0. The van der Waals surface area contributed by atoms with E-state index in [4.69, 9.17) is 5.73 Å². The molecule has 0 bridgehead atoms. The van der Waals surface area contributed by atoms with E-state index in [1.54, 1.807) is 0 Å². The van der Waals surface area contributed by atoms with Gasteiger partial charge in [-0.25, -0.2) is 13.2 Å². The van der Waals surface area contributed by atoms with E-state index in [2.05, 4.69) is 4.74 Å². The van der Waals surface area contributed by atoms with Crippen molar-refractivity contribution in [2.75, 3.05) is 7.11 Å². The van der Waals surface area contributed by atoms with Gasteiger partial charge in [-0.3, -0.25) is 4.79 Å². The predicted molar refractivity (Wildman–Crippen MR) is 59.2 cm³/mol. The summed E-state index contributed by atoms with van der Waals surface area (Å²) in [6.45, 7) is 0. The number of rotatable bonds is 5. The highest BCUT2D eigenvalue weighted by molar-refractivity contribution is 5.69. The summed E-state index contributed by atoms with van der Waals surface area (Å²) in [5.41, 5.74) is 5.95. The van der Waals surface area contributed by atoms with Crippen LogP contribution in [0.2, 0.25) is 0 Å². The third-order valence-corrected chi connectivity index (χ3v) is 2.49. The molecule has 0 saturated heterocycles. The van der Waals surface area contributed by atoms with E-state index in [1.165, 1.54) is 7.11 Å². The minimum absolute atomic E-state index is 0.129. The van der Waals surface area contributed by atoms with Crippen LogP contribution in [0.15, 0.2) is 12.1 Å². The molecule has 0 heterocycles. The Morgan fingerprint density at radius 1 is 1.33 bits per heavy atom. The lowest BCUT2D eigenvalue weighted by molar-refractivity contribution is -0.140. The van der Waals surface area contributed by atoms with Crippen molar-refractivity contribution in [1.82, 2.24) is 0 Å². The predicted octanol–water partition coefficient (Wildman–Crippen LogP) is 1.93. The van der Waals surface area contributed by atoms with Crippen LogP contribution in [0.3, 0.4) is 0 Å². The van der Waals surface area contributed by atoms with Gasteiger partial charge in [0.25, 0.3) is 0 Å². The normalized spacial score (nSPS) is 12.3. The minimum atomic E-state index is -1.50. The Labute approximate surface area is 103 Å². The van der Waals surface area contributed by atoms with Gasteiger partial charge in [0.05, 0.1) is 7.11 Å². The summed E-state index contributed by atoms with van der Waals surface area (Å²) in [4.78, 5) is 10.9. The number of carbonyl (C=O) groups is 1. The fourth-order valence-corrected chi connectivity index (χ4v) is 1.54. The van der Waals surface area contributed by atoms with E-state index < -0.39 is 29.5 Å². The van der Waals surface area contributed by atoms with E-state index in [0.29, 0.717) is 6.42 Å². The third kappa shape index (κ3) is 4.03. The molecule has 0 amide bonds. The number of carbonyl (C=O) groups excluding carboxylic acids is 1. The highest BCUT2D eigenvalue weighted by atomic mass is 19.2. The minimum Gasteiger partial charge on any atom is -0.469 e. The summed E-state index contributed by atoms with van der Waals surface area (Å²) in [6.07, 6.45) is 0.613. The van der Waals surface area contributed by atoms with Crippen LogP contribution in [0.5, 0.6) is 0 Å². The molecule has 1 aromatic carbocycles. The van der Waals surface area contributed by atoms with Crippen LogP contribution in [0.25, 0.3) is 0 Å². The number of nitrogens with two attached hydrogens (primary N) is 1. The molecule has 2 N–H and O–H groups in total. The van der Waals surface area contributed by atoms with Gasteiger partial charge in [-0.05, 0) is 30.5 Å². The van der Waals surface area contributed by atoms with Crippen LogP contribution < -0.4 is 5.73 Å². The van der Waals surface area contributed by atoms with Gasteiger partial charge in [-0.1, -0.05) is 0 Å². The largest absolute Gasteiger partial charge is 0.469 e. The van der Waals surface area contributed by atoms with Crippen molar-refractivity contribution in [2.24, 2.45) is 5.73 Å². The number of ether oxygens (including phenoxy) is 1. The first-order valence-electron chi connectivity index (χ1n) is 5.40. The van der Waals surface area contributed by atoms with Gasteiger partial charge in [0.2, 0.25) is 0 Å². The van der Waals surface area contributed by atoms with Gasteiger partial charge in [0, 0.05) is 12.5 Å². The Hall–Kier alpha value is -1.56. The lowest BCUT2D eigenvalue weighted by Crippen LogP contribution is -2.24. The first-order chi connectivity index (χ1) is 8.43. The first kappa shape index (κ1) is 14.5. The average molecular weight is 261 g/mol. The standard InChI is InChI=1S/C12H14F3NO2/c1-18-11(17)3-2-8(16)4-7-5-9(13)12(15)10(14)6-7/h5-6,8H,2-4,16H2,1H3. The summed E-state index contributed by atoms with van der Waals surface area (Å²) >= 11 is 0. The molecule has 0 spiro atoms. The second-order valence-corrected chi connectivity index (χ2v) is 3.95. The van der Waals surface area contributed by atoms with Crippen molar-refractivity contribution in [3.63, 3.8) is 0 Å². The van der Waals surface area contributed by atoms with E-state index in [1.807, 2.05) is 0 Å². The molecular formula is C12H14F3NO2. The lowest BCUT2D eigenvalue weighted by Gasteiger charge is -2.11. The molecule has 1 aromatic rings. The Kier molecular flexibility index (Phi) is 5.15. The first-order valence-corrected chi connectivity index (χ1v) is 5.40. The summed E-state index contributed by atoms with van der Waals surface area (Å²) in [5, 5.41) is 0. The fourth-order valence-electron chi connectivity index (χ4n) is 1.54. The molecule has 6 heteroatoms. The molecule has 18 heavy (non-hydrogen) atoms. The van der Waals surface area contributed by atoms with Crippen LogP contribution in [0.4, 0.5) is 13.2 Å². The number of methoxy groups -OCH3 is 1. The highest BCUT2D eigenvalue weighted by Crippen LogP contribution is 2.15. The van der Waals surface area contributed by atoms with Gasteiger partial charge in [0.15, 0.2) is 17.5 Å². The summed E-state index contributed by atoms with van der Waals surface area (Å²) in [5.74, 6) is -4.39. The Balaban J connectivity index is 2.59. The maximum Gasteiger partial charge on any atom is 0.305 e. The number of benzene rings is 1. The molecular weight excluding hydrogens is 247 g/mol. The SMILES string of the molecule is COC(=O)CCC(N)Cc1cc(F)c(F)c(F)c1. The van der Waals surface area contributed by atoms with Gasteiger partial charge in [0.1, 0.15) is 0 Å². The number of hydrogen-bond donors (Lipinski definition) is 1. The van der Waals surface area contributed by atoms with Gasteiger partial charge >= 0.3 is 5.97 Å². The molecule has 0 radical (unpaired) electrons. The maximum absolute atomic E-state index is 12.9. The second kappa shape index (κ2) is 6.39. The van der Waals surface area contributed by atoms with Crippen LogP contribution in [0, 0.1) is 17.5 Å². The molecule has 0 aliphatic heterocycles. The number of esters is 1. The molecule has 1 atom stereocenters. The zero-order valence-electron chi connectivity index (χ0n) is 9.88. The summed E-state index contributed by atoms with van der Waals surface area (Å²) in [7, 11) is 1.26. The van der Waals surface area contributed by atoms with Crippen LogP contribution in [0.1, 0.15) is 18.4 Å². The zero-order chi connectivity index (χ0) is 13.7. The van der Waals surface area contributed by atoms with Crippen LogP contribution in [-0.4, -0.2) is 19.1 Å². The second-order valence-electron chi connectivity index (χ2n) is 3.95. The fraction of sp³-hybridized carbons (Fsp3) is 0.417. The number of halogens is 3.